The summed E-state index contributed by atoms with van der Waals surface area (Å²) in [6.45, 7) is 0. The molecule has 8 heteroatoms. The highest BCUT2D eigenvalue weighted by Gasteiger charge is 2.27. The van der Waals surface area contributed by atoms with Gasteiger partial charge in [-0.2, -0.15) is 0 Å². The van der Waals surface area contributed by atoms with Crippen LogP contribution in [0.3, 0.4) is 0 Å². The van der Waals surface area contributed by atoms with Gasteiger partial charge in [0.2, 0.25) is 0 Å². The van der Waals surface area contributed by atoms with Crippen LogP contribution >= 0.6 is 0 Å². The van der Waals surface area contributed by atoms with Crippen LogP contribution in [0.2, 0.25) is 0 Å². The lowest BCUT2D eigenvalue weighted by Gasteiger charge is -2.28. The molecule has 0 bridgehead atoms. The lowest BCUT2D eigenvalue weighted by atomic mass is 9.95. The molecule has 0 N–H and O–H groups in total. The first-order valence-electron chi connectivity index (χ1n) is 49.5. The summed E-state index contributed by atoms with van der Waals surface area (Å²) >= 11 is 0. The van der Waals surface area contributed by atoms with Crippen LogP contribution in [0, 0.1) is 0 Å². The zero-order valence-electron chi connectivity index (χ0n) is 78.4. The lowest BCUT2D eigenvalue weighted by Crippen LogP contribution is -2.11. The van der Waals surface area contributed by atoms with Crippen molar-refractivity contribution in [3.05, 3.63) is 534 Å². The smallest absolute Gasteiger partial charge is 0.0547 e. The van der Waals surface area contributed by atoms with Gasteiger partial charge in [0.15, 0.2) is 0 Å². The Balaban J connectivity index is 0.492. The molecule has 672 valence electrons. The molecule has 8 nitrogen and oxygen atoms in total. The van der Waals surface area contributed by atoms with Crippen molar-refractivity contribution in [2.45, 2.75) is 0 Å². The number of para-hydroxylation sites is 10. The zero-order valence-corrected chi connectivity index (χ0v) is 78.4. The Morgan fingerprint density at radius 1 is 0.118 bits per heavy atom. The van der Waals surface area contributed by atoms with Gasteiger partial charge in [-0.3, -0.25) is 0 Å². The summed E-state index contributed by atoms with van der Waals surface area (Å²) in [5.74, 6) is 0. The summed E-state index contributed by atoms with van der Waals surface area (Å²) in [4.78, 5) is 4.83. The second-order valence-corrected chi connectivity index (χ2v) is 37.8. The summed E-state index contributed by atoms with van der Waals surface area (Å²) in [5.41, 5.74) is 38.6. The highest BCUT2D eigenvalue weighted by atomic mass is 15.2. The van der Waals surface area contributed by atoms with Crippen LogP contribution in [-0.2, 0) is 0 Å². The molecule has 0 aliphatic carbocycles. The number of fused-ring (bicyclic) bond motifs is 19. The third kappa shape index (κ3) is 13.2. The minimum atomic E-state index is 1.04. The Hall–Kier alpha value is -19.3. The summed E-state index contributed by atoms with van der Waals surface area (Å²) in [6.07, 6.45) is 0. The first-order chi connectivity index (χ1) is 71.4. The van der Waals surface area contributed by atoms with E-state index < -0.39 is 0 Å². The van der Waals surface area contributed by atoms with Crippen LogP contribution in [0.25, 0.3) is 231 Å². The van der Waals surface area contributed by atoms with Crippen molar-refractivity contribution in [1.29, 1.82) is 0 Å². The van der Waals surface area contributed by atoms with E-state index in [4.69, 9.17) is 0 Å². The predicted octanol–water partition coefficient (Wildman–Crippen LogP) is 36.7. The average Bonchev–Trinajstić information content (AvgIpc) is 1.55. The summed E-state index contributed by atoms with van der Waals surface area (Å²) in [5, 5.41) is 17.0. The van der Waals surface area contributed by atoms with Crippen molar-refractivity contribution >= 4 is 176 Å². The number of hydrogen-bond acceptors (Lipinski definition) is 2. The highest BCUT2D eigenvalue weighted by Crippen LogP contribution is 2.50. The average molecular weight is 1830 g/mol. The van der Waals surface area contributed by atoms with Crippen molar-refractivity contribution in [2.75, 3.05) is 9.80 Å². The third-order valence-corrected chi connectivity index (χ3v) is 30.0. The van der Waals surface area contributed by atoms with Crippen molar-refractivity contribution < 1.29 is 0 Å². The van der Waals surface area contributed by atoms with Gasteiger partial charge in [0.05, 0.1) is 71.9 Å². The Bertz CT molecular complexity index is 10100. The van der Waals surface area contributed by atoms with Gasteiger partial charge in [0.1, 0.15) is 0 Å². The molecule has 0 atom stereocenters. The number of nitrogens with zero attached hydrogens (tertiary/aromatic N) is 8. The first-order valence-corrected chi connectivity index (χ1v) is 49.5. The molecule has 29 rings (SSSR count). The van der Waals surface area contributed by atoms with E-state index in [0.717, 1.165) is 140 Å². The molecular formula is C136H88N8. The zero-order chi connectivity index (χ0) is 94.6. The molecule has 0 aliphatic rings. The Morgan fingerprint density at radius 2 is 0.368 bits per heavy atom. The van der Waals surface area contributed by atoms with E-state index in [0.29, 0.717) is 0 Å². The molecule has 23 aromatic carbocycles. The van der Waals surface area contributed by atoms with Gasteiger partial charge in [-0.15, -0.1) is 0 Å². The minimum Gasteiger partial charge on any atom is -0.311 e. The molecule has 0 fully saturated rings. The quantitative estimate of drug-likeness (QED) is 0.0911. The number of anilines is 6. The summed E-state index contributed by atoms with van der Waals surface area (Å²) in [7, 11) is 0. The monoisotopic (exact) mass is 1830 g/mol. The number of benzene rings is 23. The molecular weight excluding hydrogens is 1750 g/mol. The molecule has 0 unspecified atom stereocenters. The van der Waals surface area contributed by atoms with E-state index in [1.807, 2.05) is 0 Å². The molecule has 6 aromatic heterocycles. The van der Waals surface area contributed by atoms with Crippen LogP contribution < -0.4 is 9.80 Å². The summed E-state index contributed by atoms with van der Waals surface area (Å²) in [6, 6.07) is 197. The van der Waals surface area contributed by atoms with Gasteiger partial charge in [-0.1, -0.05) is 315 Å². The summed E-state index contributed by atoms with van der Waals surface area (Å²) < 4.78 is 14.5. The van der Waals surface area contributed by atoms with Crippen molar-refractivity contribution in [3.8, 4) is 89.8 Å². The number of aromatic nitrogens is 6. The maximum atomic E-state index is 2.46. The Morgan fingerprint density at radius 3 is 0.778 bits per heavy atom. The predicted molar refractivity (Wildman–Crippen MR) is 607 cm³/mol. The fourth-order valence-electron chi connectivity index (χ4n) is 23.5. The second kappa shape index (κ2) is 33.3. The normalized spacial score (nSPS) is 11.9. The van der Waals surface area contributed by atoms with Gasteiger partial charge in [-0.25, -0.2) is 0 Å². The number of hydrogen-bond donors (Lipinski definition) is 0. The number of rotatable bonds is 17. The fourth-order valence-corrected chi connectivity index (χ4v) is 23.5. The minimum absolute atomic E-state index is 1.04. The van der Waals surface area contributed by atoms with E-state index in [1.54, 1.807) is 0 Å². The second-order valence-electron chi connectivity index (χ2n) is 37.8. The van der Waals surface area contributed by atoms with Crippen molar-refractivity contribution in [2.24, 2.45) is 0 Å². The van der Waals surface area contributed by atoms with Crippen molar-refractivity contribution in [1.82, 2.24) is 27.4 Å². The van der Waals surface area contributed by atoms with E-state index in [2.05, 4.69) is 571 Å². The first kappa shape index (κ1) is 81.9. The molecule has 29 aromatic rings. The van der Waals surface area contributed by atoms with Crippen LogP contribution in [0.15, 0.2) is 534 Å². The maximum absolute atomic E-state index is 2.46. The molecule has 0 spiro atoms. The van der Waals surface area contributed by atoms with Crippen molar-refractivity contribution in [3.63, 3.8) is 0 Å². The molecule has 6 heterocycles. The lowest BCUT2D eigenvalue weighted by molar-refractivity contribution is 1.17. The van der Waals surface area contributed by atoms with Gasteiger partial charge in [-0.05, 0) is 279 Å². The van der Waals surface area contributed by atoms with Gasteiger partial charge in [0.25, 0.3) is 0 Å². The highest BCUT2D eigenvalue weighted by molar-refractivity contribution is 6.20. The largest absolute Gasteiger partial charge is 0.311 e. The molecule has 0 saturated carbocycles. The molecule has 0 radical (unpaired) electrons. The van der Waals surface area contributed by atoms with E-state index in [9.17, 15) is 0 Å². The fraction of sp³-hybridized carbons (Fsp3) is 0. The molecule has 0 aliphatic heterocycles. The molecule has 144 heavy (non-hydrogen) atoms. The molecule has 0 amide bonds. The van der Waals surface area contributed by atoms with Gasteiger partial charge in [0, 0.05) is 133 Å². The topological polar surface area (TPSA) is 36.1 Å². The van der Waals surface area contributed by atoms with E-state index in [1.165, 1.54) is 125 Å². The molecule has 0 saturated heterocycles. The standard InChI is InChI=1S/C136H88N8/c1-3-26-97(27-4-1)143-127-45-21-13-36-116(127)119-81-60-94(87-134(119)143)93-58-65-100(66-59-93)137(101-73-77-106(78-74-101)140-125-43-19-11-34-114(125)115-35-12-20-44-126(115)140)99-63-50-89(51-64-99)91-56-71-105(72-57-91)141-129-47-23-15-38-118(129)122-86-95(62-84-132(122)141)109-40-25-49-133-136(109)121-39-16-24-48-130(121)142(133)107-79-75-103(76-80-107)138(102-67-52-90(53-68-102)92-54-69-104(70-55-92)139-123-41-17-9-32-112(123)113-33-10-18-42-124(113)139)131-85-83-108(110-30-7-8-31-111(110)131)96-61-82-120-117-37-14-22-46-128(117)144(135(120)88-96)98-28-5-2-6-29-98/h1-88H. The van der Waals surface area contributed by atoms with E-state index in [-0.39, 0.29) is 0 Å². The SMILES string of the molecule is c1ccc(-n2c3ccccc3c3ccc(-c4ccc(N(c5ccc(-c6ccc(-n7c8ccccc8c8cc(-c9cccc%10c9c9ccccc9n%10-c9ccc(N(c%10ccc(-c%11ccc(-n%12c%13ccccc%13c%13ccccc%13%12)cc%11)cc%10)c%10ccc(-c%11ccc%12c%13ccccc%13n(-c%13ccccc%13)c%12c%11)c%11ccccc%10%11)cc9)ccc87)cc6)cc5)c5ccc(-n6c7ccccc7c7ccccc76)cc5)cc4)cc32)cc1. The Labute approximate surface area is 830 Å². The van der Waals surface area contributed by atoms with Crippen LogP contribution in [0.1, 0.15) is 0 Å². The van der Waals surface area contributed by atoms with Gasteiger partial charge < -0.3 is 37.2 Å². The van der Waals surface area contributed by atoms with Crippen LogP contribution in [0.4, 0.5) is 34.1 Å². The Kier molecular flexibility index (Phi) is 18.9. The van der Waals surface area contributed by atoms with Crippen LogP contribution in [-0.4, -0.2) is 27.4 Å². The van der Waals surface area contributed by atoms with Gasteiger partial charge >= 0.3 is 0 Å². The third-order valence-electron chi connectivity index (χ3n) is 30.0. The maximum Gasteiger partial charge on any atom is 0.0547 e. The van der Waals surface area contributed by atoms with Crippen LogP contribution in [0.5, 0.6) is 0 Å². The van der Waals surface area contributed by atoms with E-state index >= 15 is 0 Å².